The van der Waals surface area contributed by atoms with Gasteiger partial charge in [-0.2, -0.15) is 17.7 Å². The van der Waals surface area contributed by atoms with Crippen LogP contribution in [0.1, 0.15) is 24.6 Å². The second-order valence-electron chi connectivity index (χ2n) is 8.23. The predicted octanol–water partition coefficient (Wildman–Crippen LogP) is 1.64. The maximum Gasteiger partial charge on any atom is 0.308 e. The van der Waals surface area contributed by atoms with Crippen LogP contribution in [-0.2, 0) is 14.9 Å². The standard InChI is InChI=1S/C21H26N6O4S/c1-25(2)32(28,29)27-7-6-23-20(27)15-12-16(13-15)31-21-17-4-3-5-22-18(17)14-19(24-21)26-8-10-30-11-9-26/h3-7,14-16H,8-13H2,1-2H3. The first-order valence-corrected chi connectivity index (χ1v) is 12.0. The van der Waals surface area contributed by atoms with Gasteiger partial charge in [0.1, 0.15) is 17.7 Å². The van der Waals surface area contributed by atoms with E-state index in [0.29, 0.717) is 37.8 Å². The molecular weight excluding hydrogens is 432 g/mol. The molecule has 0 bridgehead atoms. The molecule has 0 aromatic carbocycles. The van der Waals surface area contributed by atoms with E-state index >= 15 is 0 Å². The average Bonchev–Trinajstić information content (AvgIpc) is 3.26. The molecule has 10 nitrogen and oxygen atoms in total. The number of rotatable bonds is 6. The smallest absolute Gasteiger partial charge is 0.308 e. The lowest BCUT2D eigenvalue weighted by molar-refractivity contribution is 0.0917. The molecule has 170 valence electrons. The van der Waals surface area contributed by atoms with Crippen LogP contribution in [0, 0.1) is 0 Å². The SMILES string of the molecule is CN(C)S(=O)(=O)n1ccnc1C1CC(Oc2nc(N3CCOCC3)cc3ncccc23)C1. The van der Waals surface area contributed by atoms with E-state index in [1.165, 1.54) is 34.8 Å². The molecule has 5 rings (SSSR count). The van der Waals surface area contributed by atoms with E-state index in [2.05, 4.69) is 14.9 Å². The number of anilines is 1. The molecule has 32 heavy (non-hydrogen) atoms. The summed E-state index contributed by atoms with van der Waals surface area (Å²) in [6.07, 6.45) is 6.06. The number of aromatic nitrogens is 4. The Kier molecular flexibility index (Phi) is 5.48. The lowest BCUT2D eigenvalue weighted by Gasteiger charge is -2.35. The maximum atomic E-state index is 12.6. The Balaban J connectivity index is 1.35. The van der Waals surface area contributed by atoms with Crippen molar-refractivity contribution in [3.05, 3.63) is 42.6 Å². The largest absolute Gasteiger partial charge is 0.474 e. The fourth-order valence-electron chi connectivity index (χ4n) is 4.07. The number of hydrogen-bond acceptors (Lipinski definition) is 8. The number of morpholine rings is 1. The molecule has 2 fully saturated rings. The Hall–Kier alpha value is -2.76. The van der Waals surface area contributed by atoms with Crippen molar-refractivity contribution in [1.29, 1.82) is 0 Å². The first kappa shape index (κ1) is 21.1. The predicted molar refractivity (Wildman–Crippen MR) is 119 cm³/mol. The normalized spacial score (nSPS) is 21.7. The minimum atomic E-state index is -3.60. The van der Waals surface area contributed by atoms with Crippen LogP contribution in [0.3, 0.4) is 0 Å². The fraction of sp³-hybridized carbons (Fsp3) is 0.476. The molecule has 1 saturated carbocycles. The van der Waals surface area contributed by atoms with Gasteiger partial charge < -0.3 is 14.4 Å². The Labute approximate surface area is 187 Å². The van der Waals surface area contributed by atoms with E-state index in [9.17, 15) is 8.42 Å². The van der Waals surface area contributed by atoms with Gasteiger partial charge in [0.05, 0.1) is 24.1 Å². The van der Waals surface area contributed by atoms with Crippen LogP contribution in [0.2, 0.25) is 0 Å². The average molecular weight is 459 g/mol. The molecule has 4 heterocycles. The maximum absolute atomic E-state index is 12.6. The van der Waals surface area contributed by atoms with Crippen LogP contribution in [-0.4, -0.2) is 78.1 Å². The summed E-state index contributed by atoms with van der Waals surface area (Å²) in [5, 5.41) is 0.865. The van der Waals surface area contributed by atoms with E-state index in [-0.39, 0.29) is 12.0 Å². The number of fused-ring (bicyclic) bond motifs is 1. The highest BCUT2D eigenvalue weighted by Crippen LogP contribution is 2.40. The van der Waals surface area contributed by atoms with Gasteiger partial charge in [-0.1, -0.05) is 0 Å². The molecular formula is C21H26N6O4S. The molecule has 2 aliphatic rings. The highest BCUT2D eigenvalue weighted by Gasteiger charge is 2.37. The van der Waals surface area contributed by atoms with Crippen molar-refractivity contribution in [2.75, 3.05) is 45.3 Å². The Morgan fingerprint density at radius 1 is 1.16 bits per heavy atom. The molecule has 1 aliphatic heterocycles. The first-order valence-electron chi connectivity index (χ1n) is 10.6. The molecule has 0 amide bonds. The number of ether oxygens (including phenoxy) is 2. The third-order valence-corrected chi connectivity index (χ3v) is 7.70. The van der Waals surface area contributed by atoms with E-state index in [4.69, 9.17) is 14.5 Å². The summed E-state index contributed by atoms with van der Waals surface area (Å²) in [5.74, 6) is 1.94. The van der Waals surface area contributed by atoms with Crippen molar-refractivity contribution < 1.29 is 17.9 Å². The topological polar surface area (TPSA) is 103 Å². The molecule has 0 radical (unpaired) electrons. The van der Waals surface area contributed by atoms with E-state index in [1.807, 2.05) is 18.2 Å². The van der Waals surface area contributed by atoms with E-state index < -0.39 is 10.2 Å². The van der Waals surface area contributed by atoms with Crippen molar-refractivity contribution in [2.45, 2.75) is 24.9 Å². The van der Waals surface area contributed by atoms with Crippen LogP contribution in [0.25, 0.3) is 10.9 Å². The lowest BCUT2D eigenvalue weighted by Crippen LogP contribution is -2.38. The van der Waals surface area contributed by atoms with Crippen LogP contribution in [0.15, 0.2) is 36.8 Å². The van der Waals surface area contributed by atoms with Gasteiger partial charge in [-0.05, 0) is 25.0 Å². The van der Waals surface area contributed by atoms with Gasteiger partial charge in [-0.3, -0.25) is 4.98 Å². The van der Waals surface area contributed by atoms with Gasteiger partial charge in [0.15, 0.2) is 0 Å². The van der Waals surface area contributed by atoms with Gasteiger partial charge in [0, 0.05) is 57.8 Å². The van der Waals surface area contributed by atoms with Gasteiger partial charge in [-0.15, -0.1) is 0 Å². The second kappa shape index (κ2) is 8.30. The zero-order valence-corrected chi connectivity index (χ0v) is 18.9. The molecule has 1 saturated heterocycles. The van der Waals surface area contributed by atoms with Crippen molar-refractivity contribution in [3.8, 4) is 5.88 Å². The van der Waals surface area contributed by atoms with Gasteiger partial charge >= 0.3 is 10.2 Å². The zero-order valence-electron chi connectivity index (χ0n) is 18.1. The van der Waals surface area contributed by atoms with Gasteiger partial charge in [-0.25, -0.2) is 8.96 Å². The molecule has 0 unspecified atom stereocenters. The van der Waals surface area contributed by atoms with Crippen molar-refractivity contribution >= 4 is 26.9 Å². The quantitative estimate of drug-likeness (QED) is 0.549. The molecule has 1 aliphatic carbocycles. The van der Waals surface area contributed by atoms with Crippen molar-refractivity contribution in [1.82, 2.24) is 23.2 Å². The summed E-state index contributed by atoms with van der Waals surface area (Å²) >= 11 is 0. The number of nitrogens with zero attached hydrogens (tertiary/aromatic N) is 6. The Morgan fingerprint density at radius 2 is 1.94 bits per heavy atom. The lowest BCUT2D eigenvalue weighted by atomic mass is 9.82. The second-order valence-corrected chi connectivity index (χ2v) is 10.3. The Bertz CT molecular complexity index is 1220. The molecule has 3 aromatic heterocycles. The number of imidazole rings is 1. The summed E-state index contributed by atoms with van der Waals surface area (Å²) in [6.45, 7) is 2.90. The van der Waals surface area contributed by atoms with Gasteiger partial charge in [0.2, 0.25) is 5.88 Å². The van der Waals surface area contributed by atoms with Crippen LogP contribution < -0.4 is 9.64 Å². The molecule has 3 aromatic rings. The first-order chi connectivity index (χ1) is 15.4. The van der Waals surface area contributed by atoms with Crippen LogP contribution >= 0.6 is 0 Å². The third-order valence-electron chi connectivity index (χ3n) is 5.97. The molecule has 0 atom stereocenters. The number of hydrogen-bond donors (Lipinski definition) is 0. The van der Waals surface area contributed by atoms with Crippen LogP contribution in [0.5, 0.6) is 5.88 Å². The Morgan fingerprint density at radius 3 is 2.69 bits per heavy atom. The summed E-state index contributed by atoms with van der Waals surface area (Å²) in [4.78, 5) is 15.8. The zero-order chi connectivity index (χ0) is 22.3. The third kappa shape index (κ3) is 3.80. The van der Waals surface area contributed by atoms with Gasteiger partial charge in [0.25, 0.3) is 0 Å². The van der Waals surface area contributed by atoms with Crippen LogP contribution in [0.4, 0.5) is 5.82 Å². The van der Waals surface area contributed by atoms with Crippen molar-refractivity contribution in [2.24, 2.45) is 0 Å². The highest BCUT2D eigenvalue weighted by molar-refractivity contribution is 7.87. The monoisotopic (exact) mass is 458 g/mol. The highest BCUT2D eigenvalue weighted by atomic mass is 32.2. The summed E-state index contributed by atoms with van der Waals surface area (Å²) < 4.78 is 39.3. The summed E-state index contributed by atoms with van der Waals surface area (Å²) in [5.41, 5.74) is 0.836. The number of pyridine rings is 2. The minimum absolute atomic E-state index is 0.0107. The summed E-state index contributed by atoms with van der Waals surface area (Å²) in [6, 6.07) is 5.82. The van der Waals surface area contributed by atoms with E-state index in [0.717, 1.165) is 29.8 Å². The molecule has 0 N–H and O–H groups in total. The fourth-order valence-corrected chi connectivity index (χ4v) is 5.06. The minimum Gasteiger partial charge on any atom is -0.474 e. The van der Waals surface area contributed by atoms with Crippen molar-refractivity contribution in [3.63, 3.8) is 0 Å². The molecule has 0 spiro atoms. The molecule has 11 heteroatoms. The van der Waals surface area contributed by atoms with E-state index in [1.54, 1.807) is 6.20 Å². The summed E-state index contributed by atoms with van der Waals surface area (Å²) in [7, 11) is -0.574.